The van der Waals surface area contributed by atoms with Crippen molar-refractivity contribution < 1.29 is 38.9 Å². The Labute approximate surface area is 196 Å². The number of halogens is 2. The maximum Gasteiger partial charge on any atom is 0.164 e. The molecule has 0 unspecified atom stereocenters. The molecule has 5 aliphatic rings. The van der Waals surface area contributed by atoms with Crippen LogP contribution in [0.5, 0.6) is 0 Å². The Bertz CT molecular complexity index is 1030. The highest BCUT2D eigenvalue weighted by atomic mass is 19.1. The molecular weight excluding hydrogens is 450 g/mol. The third-order valence-corrected chi connectivity index (χ3v) is 9.45. The summed E-state index contributed by atoms with van der Waals surface area (Å²) in [5.41, 5.74) is -5.88. The van der Waals surface area contributed by atoms with Crippen LogP contribution in [-0.2, 0) is 9.47 Å². The Morgan fingerprint density at radius 1 is 1.18 bits per heavy atom. The number of allylic oxidation sites excluding steroid dienone is 4. The molecule has 9 atom stereocenters. The molecule has 0 radical (unpaired) electrons. The third kappa shape index (κ3) is 2.55. The van der Waals surface area contributed by atoms with Gasteiger partial charge in [-0.2, -0.15) is 0 Å². The number of hydrogen-bond donors (Lipinski definition) is 4. The molecule has 188 valence electrons. The zero-order valence-electron chi connectivity index (χ0n) is 19.7. The Balaban J connectivity index is 1.66. The molecule has 1 aliphatic heterocycles. The number of aliphatic hydroxyl groups excluding tert-OH is 2. The minimum absolute atomic E-state index is 0.0487. The fraction of sp³-hybridized carbons (Fsp3) is 0.750. The van der Waals surface area contributed by atoms with Gasteiger partial charge >= 0.3 is 0 Å². The highest BCUT2D eigenvalue weighted by Crippen LogP contribution is 2.72. The molecule has 0 aromatic heterocycles. The number of hydrogen-bond acceptors (Lipinski definition) is 8. The largest absolute Gasteiger partial charge is 0.411 e. The number of aliphatic hydroxyl groups is 2. The fourth-order valence-corrected chi connectivity index (χ4v) is 8.12. The number of oxime groups is 2. The molecule has 1 saturated heterocycles. The summed E-state index contributed by atoms with van der Waals surface area (Å²) in [6, 6.07) is 0. The molecule has 1 heterocycles. The molecular formula is C24H32F2N2O6. The highest BCUT2D eigenvalue weighted by Gasteiger charge is 2.80. The van der Waals surface area contributed by atoms with Crippen molar-refractivity contribution in [3.8, 4) is 0 Å². The second kappa shape index (κ2) is 7.09. The van der Waals surface area contributed by atoms with Crippen molar-refractivity contribution in [3.05, 3.63) is 23.8 Å². The first-order valence-corrected chi connectivity index (χ1v) is 11.7. The lowest BCUT2D eigenvalue weighted by Crippen LogP contribution is -2.71. The number of alkyl halides is 2. The van der Waals surface area contributed by atoms with Gasteiger partial charge in [0.25, 0.3) is 0 Å². The Morgan fingerprint density at radius 2 is 1.88 bits per heavy atom. The van der Waals surface area contributed by atoms with E-state index >= 15 is 8.78 Å². The predicted molar refractivity (Wildman–Crippen MR) is 117 cm³/mol. The molecule has 0 amide bonds. The molecule has 34 heavy (non-hydrogen) atoms. The van der Waals surface area contributed by atoms with Crippen molar-refractivity contribution in [2.75, 3.05) is 6.61 Å². The van der Waals surface area contributed by atoms with Crippen molar-refractivity contribution in [1.82, 2.24) is 0 Å². The number of fused-ring (bicyclic) bond motifs is 7. The van der Waals surface area contributed by atoms with Crippen LogP contribution in [0.25, 0.3) is 0 Å². The van der Waals surface area contributed by atoms with E-state index in [1.165, 1.54) is 18.2 Å². The van der Waals surface area contributed by atoms with Crippen LogP contribution in [0.3, 0.4) is 0 Å². The first-order chi connectivity index (χ1) is 15.8. The molecule has 8 nitrogen and oxygen atoms in total. The lowest BCUT2D eigenvalue weighted by molar-refractivity contribution is -0.240. The van der Waals surface area contributed by atoms with Gasteiger partial charge in [-0.05, 0) is 63.7 Å². The van der Waals surface area contributed by atoms with E-state index in [0.29, 0.717) is 0 Å². The summed E-state index contributed by atoms with van der Waals surface area (Å²) in [7, 11) is 0. The van der Waals surface area contributed by atoms with Crippen LogP contribution in [0.1, 0.15) is 47.0 Å². The smallest absolute Gasteiger partial charge is 0.164 e. The highest BCUT2D eigenvalue weighted by molar-refractivity contribution is 6.05. The zero-order chi connectivity index (χ0) is 24.9. The summed E-state index contributed by atoms with van der Waals surface area (Å²) in [5.74, 6) is -2.47. The van der Waals surface area contributed by atoms with Crippen LogP contribution in [-0.4, -0.2) is 74.1 Å². The summed E-state index contributed by atoms with van der Waals surface area (Å²) in [5, 5.41) is 47.0. The first kappa shape index (κ1) is 23.8. The van der Waals surface area contributed by atoms with Gasteiger partial charge in [0.05, 0.1) is 18.8 Å². The van der Waals surface area contributed by atoms with Gasteiger partial charge in [-0.15, -0.1) is 0 Å². The molecule has 4 N–H and O–H groups in total. The summed E-state index contributed by atoms with van der Waals surface area (Å²) in [6.07, 6.45) is 0.588. The van der Waals surface area contributed by atoms with Gasteiger partial charge in [0.2, 0.25) is 0 Å². The maximum absolute atomic E-state index is 17.3. The second-order valence-electron chi connectivity index (χ2n) is 11.3. The standard InChI is InChI=1S/C24H32F2N2O6/c1-20(2)33-19-9-13-14-8-16(25)15-7-12(27-31)5-6-21(15,3)23(14,26)18(30)10-22(13,4)24(19,34-20)17(11-29)28-32/h5-7,13-14,16,18-19,29-32H,8-11H2,1-4H3/b27-12+,28-17+/t13-,14-,16-,18-,19+,21-,22-,23-,24+/m0/s1. The zero-order valence-corrected chi connectivity index (χ0v) is 19.7. The van der Waals surface area contributed by atoms with Crippen LogP contribution >= 0.6 is 0 Å². The van der Waals surface area contributed by atoms with E-state index in [9.17, 15) is 15.4 Å². The van der Waals surface area contributed by atoms with Crippen LogP contribution in [0.2, 0.25) is 0 Å². The van der Waals surface area contributed by atoms with E-state index in [1.807, 2.05) is 6.92 Å². The molecule has 3 saturated carbocycles. The van der Waals surface area contributed by atoms with E-state index in [-0.39, 0.29) is 36.3 Å². The SMILES string of the molecule is CC1(C)O[C@@H]2C[C@H]3[C@@H]4C[C@H](F)C5=C/C(=N/O)C=C[C@]5(C)[C@@]4(F)[C@@H](O)C[C@]3(C)[C@]2(/C(CO)=N/O)O1. The maximum atomic E-state index is 17.3. The molecule has 0 aromatic rings. The molecule has 0 spiro atoms. The third-order valence-electron chi connectivity index (χ3n) is 9.45. The molecule has 0 bridgehead atoms. The van der Waals surface area contributed by atoms with Gasteiger partial charge in [-0.3, -0.25) is 0 Å². The van der Waals surface area contributed by atoms with Gasteiger partial charge < -0.3 is 30.1 Å². The first-order valence-electron chi connectivity index (χ1n) is 11.7. The van der Waals surface area contributed by atoms with Crippen molar-refractivity contribution >= 4 is 11.4 Å². The van der Waals surface area contributed by atoms with Crippen LogP contribution < -0.4 is 0 Å². The van der Waals surface area contributed by atoms with Gasteiger partial charge in [-0.25, -0.2) is 8.78 Å². The average molecular weight is 483 g/mol. The van der Waals surface area contributed by atoms with Crippen molar-refractivity contribution in [3.63, 3.8) is 0 Å². The van der Waals surface area contributed by atoms with Crippen LogP contribution in [0.4, 0.5) is 8.78 Å². The van der Waals surface area contributed by atoms with Gasteiger partial charge in [0.1, 0.15) is 23.2 Å². The summed E-state index contributed by atoms with van der Waals surface area (Å²) < 4.78 is 45.5. The number of ether oxygens (including phenoxy) is 2. The van der Waals surface area contributed by atoms with E-state index in [2.05, 4.69) is 10.3 Å². The summed E-state index contributed by atoms with van der Waals surface area (Å²) in [4.78, 5) is 0. The van der Waals surface area contributed by atoms with E-state index < -0.39 is 64.7 Å². The van der Waals surface area contributed by atoms with Crippen molar-refractivity contribution in [1.29, 1.82) is 0 Å². The second-order valence-corrected chi connectivity index (χ2v) is 11.3. The van der Waals surface area contributed by atoms with Crippen LogP contribution in [0, 0.1) is 22.7 Å². The minimum atomic E-state index is -2.21. The van der Waals surface area contributed by atoms with E-state index in [0.717, 1.165) is 0 Å². The lowest BCUT2D eigenvalue weighted by atomic mass is 9.44. The number of rotatable bonds is 2. The monoisotopic (exact) mass is 482 g/mol. The van der Waals surface area contributed by atoms with Gasteiger partial charge in [0.15, 0.2) is 11.5 Å². The molecule has 5 rings (SSSR count). The van der Waals surface area contributed by atoms with E-state index in [4.69, 9.17) is 14.7 Å². The molecule has 0 aromatic carbocycles. The van der Waals surface area contributed by atoms with Gasteiger partial charge in [0, 0.05) is 16.7 Å². The Kier molecular flexibility index (Phi) is 4.97. The van der Waals surface area contributed by atoms with Crippen LogP contribution in [0.15, 0.2) is 34.1 Å². The molecule has 4 aliphatic carbocycles. The quantitative estimate of drug-likeness (QED) is 0.273. The minimum Gasteiger partial charge on any atom is -0.411 e. The predicted octanol–water partition coefficient (Wildman–Crippen LogP) is 2.89. The fourth-order valence-electron chi connectivity index (χ4n) is 8.12. The number of nitrogens with zero attached hydrogens (tertiary/aromatic N) is 2. The van der Waals surface area contributed by atoms with Crippen molar-refractivity contribution in [2.24, 2.45) is 33.0 Å². The normalized spacial score (nSPS) is 52.6. The summed E-state index contributed by atoms with van der Waals surface area (Å²) in [6.45, 7) is 6.20. The summed E-state index contributed by atoms with van der Waals surface area (Å²) >= 11 is 0. The lowest BCUT2D eigenvalue weighted by Gasteiger charge is -2.63. The molecule has 10 heteroatoms. The van der Waals surface area contributed by atoms with E-state index in [1.54, 1.807) is 20.8 Å². The average Bonchev–Trinajstić information content (AvgIpc) is 3.17. The Hall–Kier alpha value is -1.88. The van der Waals surface area contributed by atoms with Crippen molar-refractivity contribution in [2.45, 2.75) is 82.4 Å². The van der Waals surface area contributed by atoms with Gasteiger partial charge in [-0.1, -0.05) is 23.3 Å². The molecule has 4 fully saturated rings. The topological polar surface area (TPSA) is 124 Å². The Morgan fingerprint density at radius 3 is 2.50 bits per heavy atom.